The number of rotatable bonds is 3. The van der Waals surface area contributed by atoms with Gasteiger partial charge in [0, 0.05) is 10.9 Å². The Hall–Kier alpha value is 0.657. The van der Waals surface area contributed by atoms with Gasteiger partial charge in [-0.05, 0) is 49.2 Å². The van der Waals surface area contributed by atoms with Crippen LogP contribution in [-0.4, -0.2) is 19.2 Å². The van der Waals surface area contributed by atoms with Crippen molar-refractivity contribution in [3.8, 4) is 0 Å². The van der Waals surface area contributed by atoms with Gasteiger partial charge in [0.15, 0.2) is 8.32 Å². The first-order valence-electron chi connectivity index (χ1n) is 6.49. The predicted molar refractivity (Wildman–Crippen MR) is 75.6 cm³/mol. The first kappa shape index (κ1) is 13.1. The van der Waals surface area contributed by atoms with E-state index in [9.17, 15) is 0 Å². The molecule has 2 rings (SSSR count). The van der Waals surface area contributed by atoms with Gasteiger partial charge in [0.05, 0.1) is 0 Å². The Bertz CT molecular complexity index is 284. The van der Waals surface area contributed by atoms with Gasteiger partial charge in [-0.25, -0.2) is 0 Å². The van der Waals surface area contributed by atoms with Crippen LogP contribution in [0.2, 0.25) is 18.1 Å². The zero-order chi connectivity index (χ0) is 12.2. The molecule has 0 spiro atoms. The molecule has 0 saturated heterocycles. The number of hydrogen-bond acceptors (Lipinski definition) is 1. The quantitative estimate of drug-likeness (QED) is 0.548. The van der Waals surface area contributed by atoms with E-state index in [-0.39, 0.29) is 0 Å². The molecular formula is C13H25BrOSi. The van der Waals surface area contributed by atoms with E-state index >= 15 is 0 Å². The third-order valence-electron chi connectivity index (χ3n) is 5.17. The first-order chi connectivity index (χ1) is 7.16. The molecule has 2 aliphatic carbocycles. The van der Waals surface area contributed by atoms with Crippen molar-refractivity contribution in [2.24, 2.45) is 11.8 Å². The van der Waals surface area contributed by atoms with Crippen molar-refractivity contribution in [1.82, 2.24) is 0 Å². The van der Waals surface area contributed by atoms with Crippen LogP contribution in [-0.2, 0) is 4.43 Å². The molecule has 0 heterocycles. The molecule has 0 bridgehead atoms. The van der Waals surface area contributed by atoms with Crippen LogP contribution in [0.3, 0.4) is 0 Å². The third-order valence-corrected chi connectivity index (χ3v) is 11.0. The van der Waals surface area contributed by atoms with Gasteiger partial charge in [0.2, 0.25) is 0 Å². The lowest BCUT2D eigenvalue weighted by atomic mass is 9.53. The minimum absolute atomic E-state index is 0.349. The number of alkyl halides is 1. The highest BCUT2D eigenvalue weighted by Gasteiger charge is 2.58. The van der Waals surface area contributed by atoms with Crippen LogP contribution in [0.4, 0.5) is 0 Å². The highest BCUT2D eigenvalue weighted by Crippen LogP contribution is 2.63. The lowest BCUT2D eigenvalue weighted by Crippen LogP contribution is -2.59. The van der Waals surface area contributed by atoms with Gasteiger partial charge >= 0.3 is 0 Å². The van der Waals surface area contributed by atoms with Gasteiger partial charge in [-0.15, -0.1) is 0 Å². The summed E-state index contributed by atoms with van der Waals surface area (Å²) >= 11 is 3.87. The molecule has 0 aromatic heterocycles. The molecule has 0 N–H and O–H groups in total. The molecule has 3 heteroatoms. The molecule has 0 amide bonds. The summed E-state index contributed by atoms with van der Waals surface area (Å²) in [5, 5.41) is 0.349. The molecule has 3 atom stereocenters. The Morgan fingerprint density at radius 2 is 2.00 bits per heavy atom. The maximum atomic E-state index is 6.31. The van der Waals surface area contributed by atoms with Gasteiger partial charge in [-0.3, -0.25) is 0 Å². The van der Waals surface area contributed by atoms with Crippen LogP contribution in [0.5, 0.6) is 0 Å². The SMILES string of the molecule is CC(C)(C)[Si](C)(C)OC[C@@H]1C[C@@]2(Br)CCC12. The van der Waals surface area contributed by atoms with Gasteiger partial charge in [-0.1, -0.05) is 36.7 Å². The molecule has 0 aliphatic heterocycles. The summed E-state index contributed by atoms with van der Waals surface area (Å²) < 4.78 is 6.85. The largest absolute Gasteiger partial charge is 0.417 e. The van der Waals surface area contributed by atoms with E-state index in [4.69, 9.17) is 4.43 Å². The van der Waals surface area contributed by atoms with Crippen LogP contribution >= 0.6 is 15.9 Å². The van der Waals surface area contributed by atoms with E-state index in [0.717, 1.165) is 18.4 Å². The smallest absolute Gasteiger partial charge is 0.191 e. The zero-order valence-electron chi connectivity index (χ0n) is 11.3. The number of hydrogen-bond donors (Lipinski definition) is 0. The van der Waals surface area contributed by atoms with E-state index in [0.29, 0.717) is 9.36 Å². The summed E-state index contributed by atoms with van der Waals surface area (Å²) in [4.78, 5) is 0. The van der Waals surface area contributed by atoms with Crippen molar-refractivity contribution in [1.29, 1.82) is 0 Å². The average Bonchev–Trinajstić information content (AvgIpc) is 2.11. The Morgan fingerprint density at radius 1 is 1.38 bits per heavy atom. The fourth-order valence-corrected chi connectivity index (χ4v) is 4.97. The van der Waals surface area contributed by atoms with E-state index in [1.54, 1.807) is 0 Å². The minimum Gasteiger partial charge on any atom is -0.417 e. The molecule has 1 unspecified atom stereocenters. The fraction of sp³-hybridized carbons (Fsp3) is 1.00. The summed E-state index contributed by atoms with van der Waals surface area (Å²) in [5.74, 6) is 1.75. The van der Waals surface area contributed by atoms with E-state index in [2.05, 4.69) is 49.8 Å². The summed E-state index contributed by atoms with van der Waals surface area (Å²) in [6.07, 6.45) is 4.14. The maximum Gasteiger partial charge on any atom is 0.191 e. The van der Waals surface area contributed by atoms with Crippen LogP contribution in [0.1, 0.15) is 40.0 Å². The summed E-state index contributed by atoms with van der Waals surface area (Å²) in [6.45, 7) is 12.7. The molecule has 0 radical (unpaired) electrons. The highest BCUT2D eigenvalue weighted by atomic mass is 79.9. The third kappa shape index (κ3) is 2.03. The van der Waals surface area contributed by atoms with Gasteiger partial charge in [0.25, 0.3) is 0 Å². The van der Waals surface area contributed by atoms with Gasteiger partial charge < -0.3 is 4.43 Å². The molecule has 2 fully saturated rings. The normalized spacial score (nSPS) is 38.6. The van der Waals surface area contributed by atoms with E-state index in [1.165, 1.54) is 19.3 Å². The number of fused-ring (bicyclic) bond motifs is 1. The van der Waals surface area contributed by atoms with Crippen LogP contribution in [0, 0.1) is 11.8 Å². The van der Waals surface area contributed by atoms with Crippen molar-refractivity contribution in [2.45, 2.75) is 62.5 Å². The van der Waals surface area contributed by atoms with Crippen LogP contribution in [0.25, 0.3) is 0 Å². The average molecular weight is 305 g/mol. The molecule has 16 heavy (non-hydrogen) atoms. The second kappa shape index (κ2) is 3.82. The zero-order valence-corrected chi connectivity index (χ0v) is 13.9. The second-order valence-electron chi connectivity index (χ2n) is 7.22. The molecule has 94 valence electrons. The van der Waals surface area contributed by atoms with Crippen molar-refractivity contribution in [3.05, 3.63) is 0 Å². The second-order valence-corrected chi connectivity index (χ2v) is 13.6. The van der Waals surface area contributed by atoms with Gasteiger partial charge in [-0.2, -0.15) is 0 Å². The van der Waals surface area contributed by atoms with Crippen LogP contribution < -0.4 is 0 Å². The predicted octanol–water partition coefficient (Wildman–Crippen LogP) is 4.57. The molecule has 2 aliphatic rings. The fourth-order valence-electron chi connectivity index (χ4n) is 2.66. The topological polar surface area (TPSA) is 9.23 Å². The Balaban J connectivity index is 1.81. The summed E-state index contributed by atoms with van der Waals surface area (Å²) in [6, 6.07) is 0. The Labute approximate surface area is 110 Å². The van der Waals surface area contributed by atoms with Crippen molar-refractivity contribution < 1.29 is 4.43 Å². The monoisotopic (exact) mass is 304 g/mol. The lowest BCUT2D eigenvalue weighted by molar-refractivity contribution is -0.0169. The van der Waals surface area contributed by atoms with E-state index in [1.807, 2.05) is 0 Å². The first-order valence-corrected chi connectivity index (χ1v) is 10.2. The van der Waals surface area contributed by atoms with Gasteiger partial charge in [0.1, 0.15) is 0 Å². The molecule has 2 saturated carbocycles. The maximum absolute atomic E-state index is 6.31. The molecular weight excluding hydrogens is 280 g/mol. The van der Waals surface area contributed by atoms with Crippen molar-refractivity contribution in [2.75, 3.05) is 6.61 Å². The Kier molecular flexibility index (Phi) is 3.13. The van der Waals surface area contributed by atoms with E-state index < -0.39 is 8.32 Å². The van der Waals surface area contributed by atoms with Crippen molar-refractivity contribution >= 4 is 24.2 Å². The van der Waals surface area contributed by atoms with Crippen molar-refractivity contribution in [3.63, 3.8) is 0 Å². The molecule has 1 nitrogen and oxygen atoms in total. The lowest BCUT2D eigenvalue weighted by Gasteiger charge is -2.60. The summed E-state index contributed by atoms with van der Waals surface area (Å²) in [5.41, 5.74) is 0. The highest BCUT2D eigenvalue weighted by molar-refractivity contribution is 9.10. The molecule has 0 aromatic carbocycles. The Morgan fingerprint density at radius 3 is 2.31 bits per heavy atom. The molecule has 0 aromatic rings. The minimum atomic E-state index is -1.52. The number of halogens is 1. The van der Waals surface area contributed by atoms with Crippen LogP contribution in [0.15, 0.2) is 0 Å². The summed E-state index contributed by atoms with van der Waals surface area (Å²) in [7, 11) is -1.52. The standard InChI is InChI=1S/C13H25BrOSi/c1-12(2,3)16(4,5)15-9-10-8-13(14)7-6-11(10)13/h10-11H,6-9H2,1-5H3/t10-,11?,13-/m0/s1.